The molecule has 0 heterocycles. The summed E-state index contributed by atoms with van der Waals surface area (Å²) in [7, 11) is 3.50. The van der Waals surface area contributed by atoms with E-state index in [0.29, 0.717) is 0 Å². The van der Waals surface area contributed by atoms with E-state index in [9.17, 15) is 0 Å². The van der Waals surface area contributed by atoms with Crippen molar-refractivity contribution in [3.63, 3.8) is 0 Å². The second-order valence-electron chi connectivity index (χ2n) is 3.56. The maximum absolute atomic E-state index is 3.50. The highest BCUT2D eigenvalue weighted by Gasteiger charge is 1.96. The molecule has 0 saturated carbocycles. The number of hydrogen-bond acceptors (Lipinski definition) is 0. The first kappa shape index (κ1) is 10.2. The van der Waals surface area contributed by atoms with Gasteiger partial charge in [-0.1, -0.05) is 60.6 Å². The summed E-state index contributed by atoms with van der Waals surface area (Å²) >= 11 is 0. The van der Waals surface area contributed by atoms with Gasteiger partial charge in [0.25, 0.3) is 0 Å². The number of rotatable bonds is 3. The van der Waals surface area contributed by atoms with Gasteiger partial charge in [0.05, 0.1) is 0 Å². The molecule has 0 bridgehead atoms. The monoisotopic (exact) mass is 209 g/mol. The lowest BCUT2D eigenvalue weighted by Gasteiger charge is -2.03. The van der Waals surface area contributed by atoms with Crippen LogP contribution in [0.4, 0.5) is 0 Å². The zero-order chi connectivity index (χ0) is 10.5. The molecule has 0 aromatic heterocycles. The fourth-order valence-electron chi connectivity index (χ4n) is 1.64. The van der Waals surface area contributed by atoms with Crippen LogP contribution in [0.3, 0.4) is 0 Å². The highest BCUT2D eigenvalue weighted by atomic mass is 28.1. The van der Waals surface area contributed by atoms with E-state index in [4.69, 9.17) is 0 Å². The van der Waals surface area contributed by atoms with Gasteiger partial charge in [-0.25, -0.2) is 0 Å². The van der Waals surface area contributed by atoms with Crippen LogP contribution in [0.25, 0.3) is 11.1 Å². The van der Waals surface area contributed by atoms with Crippen LogP contribution < -0.4 is 0 Å². The minimum atomic E-state index is 1.02. The Bertz CT molecular complexity index is 403. The largest absolute Gasteiger partial charge is 0.0622 e. The Morgan fingerprint density at radius 2 is 1.33 bits per heavy atom. The van der Waals surface area contributed by atoms with Crippen molar-refractivity contribution in [3.05, 3.63) is 60.2 Å². The molecule has 0 aliphatic carbocycles. The van der Waals surface area contributed by atoms with Gasteiger partial charge in [-0.3, -0.25) is 0 Å². The lowest BCUT2D eigenvalue weighted by molar-refractivity contribution is 1.13. The Morgan fingerprint density at radius 3 is 1.93 bits per heavy atom. The SMILES string of the molecule is [Si]CCc1ccc(-c2ccccc2)cc1. The predicted octanol–water partition coefficient (Wildman–Crippen LogP) is 3.48. The standard InChI is InChI=1S/C14H13Si/c15-11-10-12-6-8-14(9-7-12)13-4-2-1-3-5-13/h1-9H,10-11H2. The van der Waals surface area contributed by atoms with Crippen molar-refractivity contribution in [1.29, 1.82) is 0 Å². The first-order valence-electron chi connectivity index (χ1n) is 5.19. The van der Waals surface area contributed by atoms with E-state index in [-0.39, 0.29) is 0 Å². The molecular weight excluding hydrogens is 196 g/mol. The minimum absolute atomic E-state index is 1.02. The quantitative estimate of drug-likeness (QED) is 0.679. The molecule has 1 heteroatoms. The van der Waals surface area contributed by atoms with Crippen molar-refractivity contribution in [2.24, 2.45) is 0 Å². The smallest absolute Gasteiger partial charge is 0.0225 e. The maximum atomic E-state index is 3.50. The van der Waals surface area contributed by atoms with Crippen molar-refractivity contribution >= 4 is 10.2 Å². The van der Waals surface area contributed by atoms with Crippen LogP contribution in [0.1, 0.15) is 5.56 Å². The van der Waals surface area contributed by atoms with Crippen molar-refractivity contribution in [2.45, 2.75) is 12.5 Å². The normalized spacial score (nSPS) is 10.2. The van der Waals surface area contributed by atoms with Crippen LogP contribution in [-0.4, -0.2) is 10.2 Å². The van der Waals surface area contributed by atoms with Crippen LogP contribution in [0.2, 0.25) is 6.04 Å². The van der Waals surface area contributed by atoms with Gasteiger partial charge in [0.15, 0.2) is 0 Å². The van der Waals surface area contributed by atoms with Crippen LogP contribution in [-0.2, 0) is 6.42 Å². The van der Waals surface area contributed by atoms with Gasteiger partial charge in [-0.15, -0.1) is 0 Å². The molecule has 15 heavy (non-hydrogen) atoms. The van der Waals surface area contributed by atoms with Gasteiger partial charge in [-0.2, -0.15) is 0 Å². The van der Waals surface area contributed by atoms with Crippen molar-refractivity contribution < 1.29 is 0 Å². The summed E-state index contributed by atoms with van der Waals surface area (Å²) in [5, 5.41) is 0. The van der Waals surface area contributed by atoms with E-state index in [1.165, 1.54) is 16.7 Å². The summed E-state index contributed by atoms with van der Waals surface area (Å²) in [6.07, 6.45) is 1.09. The van der Waals surface area contributed by atoms with Crippen molar-refractivity contribution in [2.75, 3.05) is 0 Å². The average Bonchev–Trinajstić information content (AvgIpc) is 2.32. The molecular formula is C14H13Si. The van der Waals surface area contributed by atoms with Gasteiger partial charge >= 0.3 is 0 Å². The first-order chi connectivity index (χ1) is 7.40. The molecule has 0 aliphatic heterocycles. The fraction of sp³-hybridized carbons (Fsp3) is 0.143. The van der Waals surface area contributed by atoms with E-state index in [2.05, 4.69) is 58.8 Å². The van der Waals surface area contributed by atoms with Crippen molar-refractivity contribution in [3.8, 4) is 11.1 Å². The minimum Gasteiger partial charge on any atom is -0.0622 e. The molecule has 0 amide bonds. The molecule has 2 rings (SSSR count). The summed E-state index contributed by atoms with van der Waals surface area (Å²) in [4.78, 5) is 0. The molecule has 2 aromatic carbocycles. The molecule has 2 aromatic rings. The Labute approximate surface area is 94.4 Å². The highest BCUT2D eigenvalue weighted by Crippen LogP contribution is 2.19. The molecule has 0 spiro atoms. The fourth-order valence-corrected chi connectivity index (χ4v) is 1.93. The van der Waals surface area contributed by atoms with Gasteiger partial charge in [-0.05, 0) is 23.1 Å². The van der Waals surface area contributed by atoms with E-state index in [1.807, 2.05) is 6.07 Å². The molecule has 0 nitrogen and oxygen atoms in total. The van der Waals surface area contributed by atoms with E-state index in [0.717, 1.165) is 12.5 Å². The molecule has 0 unspecified atom stereocenters. The Balaban J connectivity index is 2.24. The van der Waals surface area contributed by atoms with E-state index < -0.39 is 0 Å². The Hall–Kier alpha value is -1.34. The zero-order valence-corrected chi connectivity index (χ0v) is 9.61. The molecule has 3 radical (unpaired) electrons. The van der Waals surface area contributed by atoms with Crippen LogP contribution >= 0.6 is 0 Å². The van der Waals surface area contributed by atoms with E-state index >= 15 is 0 Å². The third-order valence-corrected chi connectivity index (χ3v) is 2.72. The van der Waals surface area contributed by atoms with Gasteiger partial charge in [0, 0.05) is 10.2 Å². The Morgan fingerprint density at radius 1 is 0.733 bits per heavy atom. The lowest BCUT2D eigenvalue weighted by Crippen LogP contribution is -1.84. The van der Waals surface area contributed by atoms with Crippen LogP contribution in [0, 0.1) is 0 Å². The highest BCUT2D eigenvalue weighted by molar-refractivity contribution is 6.08. The topological polar surface area (TPSA) is 0 Å². The third kappa shape index (κ3) is 2.57. The number of benzene rings is 2. The second-order valence-corrected chi connectivity index (χ2v) is 4.06. The molecule has 0 atom stereocenters. The van der Waals surface area contributed by atoms with E-state index in [1.54, 1.807) is 0 Å². The van der Waals surface area contributed by atoms with Gasteiger partial charge in [0.2, 0.25) is 0 Å². The summed E-state index contributed by atoms with van der Waals surface area (Å²) in [5.41, 5.74) is 3.94. The Kier molecular flexibility index (Phi) is 3.35. The predicted molar refractivity (Wildman–Crippen MR) is 66.1 cm³/mol. The van der Waals surface area contributed by atoms with Gasteiger partial charge in [0.1, 0.15) is 0 Å². The maximum Gasteiger partial charge on any atom is 0.0225 e. The zero-order valence-electron chi connectivity index (χ0n) is 8.61. The summed E-state index contributed by atoms with van der Waals surface area (Å²) in [6, 6.07) is 20.2. The average molecular weight is 209 g/mol. The van der Waals surface area contributed by atoms with Gasteiger partial charge < -0.3 is 0 Å². The second kappa shape index (κ2) is 4.94. The molecule has 0 fully saturated rings. The van der Waals surface area contributed by atoms with Crippen LogP contribution in [0.15, 0.2) is 54.6 Å². The third-order valence-electron chi connectivity index (χ3n) is 2.47. The summed E-state index contributed by atoms with van der Waals surface area (Å²) < 4.78 is 0. The molecule has 0 N–H and O–H groups in total. The number of hydrogen-bond donors (Lipinski definition) is 0. The lowest BCUT2D eigenvalue weighted by atomic mass is 10.0. The van der Waals surface area contributed by atoms with Crippen molar-refractivity contribution in [1.82, 2.24) is 0 Å². The summed E-state index contributed by atoms with van der Waals surface area (Å²) in [6.45, 7) is 0. The molecule has 73 valence electrons. The molecule has 0 aliphatic rings. The first-order valence-corrected chi connectivity index (χ1v) is 5.90. The number of aryl methyl sites for hydroxylation is 1. The summed E-state index contributed by atoms with van der Waals surface area (Å²) in [5.74, 6) is 0. The van der Waals surface area contributed by atoms with Crippen LogP contribution in [0.5, 0.6) is 0 Å². The molecule has 0 saturated heterocycles.